The van der Waals surface area contributed by atoms with Crippen LogP contribution in [0.4, 0.5) is 0 Å². The number of hydrogen-bond donors (Lipinski definition) is 2. The number of quaternary nitrogens is 1. The average Bonchev–Trinajstić information content (AvgIpc) is 2.57. The highest BCUT2D eigenvalue weighted by molar-refractivity contribution is 5.75. The Bertz CT molecular complexity index is 313. The van der Waals surface area contributed by atoms with Crippen molar-refractivity contribution in [2.75, 3.05) is 26.2 Å². The van der Waals surface area contributed by atoms with Gasteiger partial charge in [0.25, 0.3) is 0 Å². The summed E-state index contributed by atoms with van der Waals surface area (Å²) in [4.78, 5) is 11.8. The zero-order valence-corrected chi connectivity index (χ0v) is 15.6. The predicted molar refractivity (Wildman–Crippen MR) is 97.9 cm³/mol. The Balaban J connectivity index is 1.83. The maximum Gasteiger partial charge on any atom is 0.219 e. The fourth-order valence-electron chi connectivity index (χ4n) is 3.18. The lowest BCUT2D eigenvalue weighted by Gasteiger charge is -2.32. The number of morpholine rings is 1. The molecule has 0 radical (unpaired) electrons. The van der Waals surface area contributed by atoms with Crippen LogP contribution in [0.1, 0.15) is 84.0 Å². The quantitative estimate of drug-likeness (QED) is 0.377. The first-order valence-corrected chi connectivity index (χ1v) is 10.1. The van der Waals surface area contributed by atoms with E-state index in [1.54, 1.807) is 0 Å². The van der Waals surface area contributed by atoms with Crippen molar-refractivity contribution in [3.05, 3.63) is 5.21 Å². The summed E-state index contributed by atoms with van der Waals surface area (Å²) < 4.78 is 5.56. The fraction of sp³-hybridized carbons (Fsp3) is 0.947. The molecule has 0 aromatic carbocycles. The molecule has 0 bridgehead atoms. The molecule has 2 unspecified atom stereocenters. The lowest BCUT2D eigenvalue weighted by atomic mass is 10.1. The number of unbranched alkanes of at least 4 members (excludes halogenated alkanes) is 8. The number of carbonyl (C=O) groups is 1. The van der Waals surface area contributed by atoms with E-state index in [0.717, 1.165) is 19.3 Å². The lowest BCUT2D eigenvalue weighted by molar-refractivity contribution is -0.861. The van der Waals surface area contributed by atoms with Crippen LogP contribution in [-0.4, -0.2) is 38.3 Å². The van der Waals surface area contributed by atoms with E-state index in [0.29, 0.717) is 37.7 Å². The molecule has 2 N–H and O–H groups in total. The summed E-state index contributed by atoms with van der Waals surface area (Å²) in [7, 11) is 0. The van der Waals surface area contributed by atoms with Crippen LogP contribution in [0.25, 0.3) is 0 Å². The van der Waals surface area contributed by atoms with Gasteiger partial charge in [0.05, 0.1) is 6.61 Å². The number of nitrogens with one attached hydrogen (secondary N) is 2. The maximum atomic E-state index is 11.8. The molecule has 1 saturated heterocycles. The molecule has 1 rings (SSSR count). The third-order valence-corrected chi connectivity index (χ3v) is 4.72. The van der Waals surface area contributed by atoms with Gasteiger partial charge in [-0.05, 0) is 19.3 Å². The molecule has 1 aliphatic heterocycles. The molecular weight excluding hydrogens is 304 g/mol. The topological polar surface area (TPSA) is 65.8 Å². The Kier molecular flexibility index (Phi) is 13.1. The molecule has 5 nitrogen and oxygen atoms in total. The molecule has 1 amide bonds. The van der Waals surface area contributed by atoms with E-state index in [4.69, 9.17) is 4.74 Å². The highest BCUT2D eigenvalue weighted by Crippen LogP contribution is 2.10. The Morgan fingerprint density at radius 3 is 2.42 bits per heavy atom. The zero-order chi connectivity index (χ0) is 17.5. The number of rotatable bonds is 14. The number of carbonyl (C=O) groups excluding carboxylic acids is 1. The average molecular weight is 343 g/mol. The van der Waals surface area contributed by atoms with E-state index >= 15 is 0 Å². The molecule has 1 aliphatic rings. The van der Waals surface area contributed by atoms with Crippen LogP contribution in [0.3, 0.4) is 0 Å². The van der Waals surface area contributed by atoms with Crippen LogP contribution < -0.4 is 10.4 Å². The first kappa shape index (κ1) is 21.4. The van der Waals surface area contributed by atoms with Crippen molar-refractivity contribution in [2.45, 2.75) is 90.1 Å². The van der Waals surface area contributed by atoms with Crippen LogP contribution in [0.2, 0.25) is 0 Å². The van der Waals surface area contributed by atoms with Gasteiger partial charge in [-0.25, -0.2) is 0 Å². The van der Waals surface area contributed by atoms with Gasteiger partial charge in [-0.15, -0.1) is 0 Å². The molecule has 5 heteroatoms. The van der Waals surface area contributed by atoms with E-state index in [9.17, 15) is 10.0 Å². The Morgan fingerprint density at radius 1 is 1.08 bits per heavy atom. The molecular formula is C19H38N2O3. The maximum absolute atomic E-state index is 11.8. The van der Waals surface area contributed by atoms with E-state index < -0.39 is 0 Å². The SMILES string of the molecule is CCCCCCCCCCCC(=O)NCCCC1C[NH+]([O-])CCO1. The van der Waals surface area contributed by atoms with E-state index in [1.165, 1.54) is 51.4 Å². The minimum absolute atomic E-state index is 0.0699. The molecule has 142 valence electrons. The van der Waals surface area contributed by atoms with Gasteiger partial charge < -0.3 is 20.3 Å². The summed E-state index contributed by atoms with van der Waals surface area (Å²) >= 11 is 0. The lowest BCUT2D eigenvalue weighted by Crippen LogP contribution is -3.10. The molecule has 0 aromatic rings. The van der Waals surface area contributed by atoms with Crippen molar-refractivity contribution >= 4 is 5.91 Å². The Hall–Kier alpha value is -0.650. The molecule has 1 heterocycles. The van der Waals surface area contributed by atoms with Crippen LogP contribution in [0.15, 0.2) is 0 Å². The van der Waals surface area contributed by atoms with Crippen molar-refractivity contribution in [2.24, 2.45) is 0 Å². The first-order valence-electron chi connectivity index (χ1n) is 10.1. The van der Waals surface area contributed by atoms with Gasteiger partial charge in [-0.2, -0.15) is 0 Å². The van der Waals surface area contributed by atoms with Crippen molar-refractivity contribution in [1.29, 1.82) is 0 Å². The second-order valence-corrected chi connectivity index (χ2v) is 7.06. The summed E-state index contributed by atoms with van der Waals surface area (Å²) in [6.45, 7) is 4.62. The summed E-state index contributed by atoms with van der Waals surface area (Å²) in [5.41, 5.74) is 0. The first-order chi connectivity index (χ1) is 11.7. The van der Waals surface area contributed by atoms with Gasteiger partial charge in [-0.1, -0.05) is 58.3 Å². The predicted octanol–water partition coefficient (Wildman–Crippen LogP) is 2.59. The van der Waals surface area contributed by atoms with Gasteiger partial charge in [0.2, 0.25) is 5.91 Å². The van der Waals surface area contributed by atoms with E-state index in [-0.39, 0.29) is 12.0 Å². The summed E-state index contributed by atoms with van der Waals surface area (Å²) in [5.74, 6) is 0.165. The van der Waals surface area contributed by atoms with Gasteiger partial charge in [0, 0.05) is 13.0 Å². The van der Waals surface area contributed by atoms with Crippen molar-refractivity contribution in [3.8, 4) is 0 Å². The zero-order valence-electron chi connectivity index (χ0n) is 15.6. The van der Waals surface area contributed by atoms with Crippen molar-refractivity contribution in [3.63, 3.8) is 0 Å². The minimum atomic E-state index is 0.0699. The van der Waals surface area contributed by atoms with Crippen LogP contribution in [0.5, 0.6) is 0 Å². The Morgan fingerprint density at radius 2 is 1.75 bits per heavy atom. The van der Waals surface area contributed by atoms with Gasteiger partial charge >= 0.3 is 0 Å². The smallest absolute Gasteiger partial charge is 0.219 e. The van der Waals surface area contributed by atoms with Crippen molar-refractivity contribution in [1.82, 2.24) is 5.32 Å². The molecule has 0 aromatic heterocycles. The third kappa shape index (κ3) is 11.8. The Labute approximate surface area is 148 Å². The molecule has 0 spiro atoms. The monoisotopic (exact) mass is 342 g/mol. The summed E-state index contributed by atoms with van der Waals surface area (Å²) in [5, 5.41) is 14.6. The third-order valence-electron chi connectivity index (χ3n) is 4.72. The van der Waals surface area contributed by atoms with Crippen LogP contribution in [-0.2, 0) is 9.53 Å². The van der Waals surface area contributed by atoms with Crippen molar-refractivity contribution < 1.29 is 14.6 Å². The molecule has 0 aliphatic carbocycles. The second-order valence-electron chi connectivity index (χ2n) is 7.06. The summed E-state index contributed by atoms with van der Waals surface area (Å²) in [6.07, 6.45) is 14.0. The molecule has 1 fully saturated rings. The van der Waals surface area contributed by atoms with E-state index in [2.05, 4.69) is 12.2 Å². The van der Waals surface area contributed by atoms with Gasteiger partial charge in [0.15, 0.2) is 0 Å². The number of hydrogen-bond acceptors (Lipinski definition) is 3. The fourth-order valence-corrected chi connectivity index (χ4v) is 3.18. The van der Waals surface area contributed by atoms with Gasteiger partial charge in [-0.3, -0.25) is 4.79 Å². The number of hydroxylamine groups is 2. The molecule has 24 heavy (non-hydrogen) atoms. The summed E-state index contributed by atoms with van der Waals surface area (Å²) in [6, 6.07) is 0. The standard InChI is InChI=1S/C19H38N2O3/c1-2-3-4-5-6-7-8-9-10-13-19(22)20-14-11-12-18-17-21(23)15-16-24-18/h18,21H,2-17H2,1H3,(H,20,22). The molecule has 2 atom stereocenters. The second kappa shape index (κ2) is 14.7. The highest BCUT2D eigenvalue weighted by Gasteiger charge is 2.18. The number of amides is 1. The van der Waals surface area contributed by atoms with E-state index in [1.807, 2.05) is 0 Å². The normalized spacial score (nSPS) is 20.9. The van der Waals surface area contributed by atoms with Gasteiger partial charge in [0.1, 0.15) is 19.2 Å². The molecule has 0 saturated carbocycles. The number of ether oxygens (including phenoxy) is 1. The van der Waals surface area contributed by atoms with Crippen LogP contribution in [0, 0.1) is 5.21 Å². The van der Waals surface area contributed by atoms with Crippen LogP contribution >= 0.6 is 0 Å². The minimum Gasteiger partial charge on any atom is -0.634 e. The largest absolute Gasteiger partial charge is 0.634 e. The highest BCUT2D eigenvalue weighted by atomic mass is 16.5.